The van der Waals surface area contributed by atoms with E-state index in [2.05, 4.69) is 32.5 Å². The SMILES string of the molecule is C=C(C)N(Cc1cccnc1)Cc1ncc[nH]1. The molecular formula is C13H16N4. The first-order chi connectivity index (χ1) is 8.25. The molecule has 88 valence electrons. The molecule has 17 heavy (non-hydrogen) atoms. The van der Waals surface area contributed by atoms with Crippen LogP contribution in [0, 0.1) is 0 Å². The highest BCUT2D eigenvalue weighted by atomic mass is 15.2. The first-order valence-electron chi connectivity index (χ1n) is 5.53. The number of nitrogens with one attached hydrogen (secondary N) is 1. The van der Waals surface area contributed by atoms with Crippen molar-refractivity contribution < 1.29 is 0 Å². The van der Waals surface area contributed by atoms with Crippen LogP contribution in [0.15, 0.2) is 49.2 Å². The van der Waals surface area contributed by atoms with Crippen LogP contribution in [0.4, 0.5) is 0 Å². The van der Waals surface area contributed by atoms with Crippen LogP contribution in [-0.4, -0.2) is 19.9 Å². The molecule has 0 amide bonds. The lowest BCUT2D eigenvalue weighted by atomic mass is 10.2. The molecule has 0 fully saturated rings. The predicted octanol–water partition coefficient (Wildman–Crippen LogP) is 2.34. The smallest absolute Gasteiger partial charge is 0.125 e. The van der Waals surface area contributed by atoms with Crippen molar-refractivity contribution in [3.8, 4) is 0 Å². The van der Waals surface area contributed by atoms with Gasteiger partial charge in [0, 0.05) is 37.0 Å². The molecule has 2 aromatic rings. The fourth-order valence-corrected chi connectivity index (χ4v) is 1.60. The Kier molecular flexibility index (Phi) is 3.55. The van der Waals surface area contributed by atoms with E-state index in [9.17, 15) is 0 Å². The number of hydrogen-bond donors (Lipinski definition) is 1. The molecule has 0 saturated carbocycles. The molecule has 0 bridgehead atoms. The van der Waals surface area contributed by atoms with Crippen molar-refractivity contribution in [3.05, 3.63) is 60.6 Å². The van der Waals surface area contributed by atoms with Crippen molar-refractivity contribution in [2.75, 3.05) is 0 Å². The van der Waals surface area contributed by atoms with E-state index >= 15 is 0 Å². The highest BCUT2D eigenvalue weighted by molar-refractivity contribution is 5.10. The molecule has 0 atom stereocenters. The van der Waals surface area contributed by atoms with Gasteiger partial charge in [0.05, 0.1) is 6.54 Å². The number of H-pyrrole nitrogens is 1. The normalized spacial score (nSPS) is 10.2. The fraction of sp³-hybridized carbons (Fsp3) is 0.231. The van der Waals surface area contributed by atoms with E-state index in [0.717, 1.165) is 24.6 Å². The second-order valence-corrected chi connectivity index (χ2v) is 3.99. The second kappa shape index (κ2) is 5.30. The van der Waals surface area contributed by atoms with E-state index in [1.165, 1.54) is 5.56 Å². The summed E-state index contributed by atoms with van der Waals surface area (Å²) in [5.41, 5.74) is 2.19. The highest BCUT2D eigenvalue weighted by Crippen LogP contribution is 2.11. The number of imidazole rings is 1. The summed E-state index contributed by atoms with van der Waals surface area (Å²) < 4.78 is 0. The lowest BCUT2D eigenvalue weighted by Crippen LogP contribution is -2.21. The van der Waals surface area contributed by atoms with E-state index in [4.69, 9.17) is 0 Å². The summed E-state index contributed by atoms with van der Waals surface area (Å²) in [6, 6.07) is 4.00. The molecule has 0 saturated heterocycles. The second-order valence-electron chi connectivity index (χ2n) is 3.99. The van der Waals surface area contributed by atoms with Gasteiger partial charge < -0.3 is 9.88 Å². The molecule has 0 unspecified atom stereocenters. The van der Waals surface area contributed by atoms with Gasteiger partial charge >= 0.3 is 0 Å². The Balaban J connectivity index is 2.06. The summed E-state index contributed by atoms with van der Waals surface area (Å²) in [4.78, 5) is 13.6. The number of aromatic nitrogens is 3. The van der Waals surface area contributed by atoms with Crippen molar-refractivity contribution in [1.29, 1.82) is 0 Å². The quantitative estimate of drug-likeness (QED) is 0.854. The van der Waals surface area contributed by atoms with Gasteiger partial charge in [-0.1, -0.05) is 12.6 Å². The molecule has 0 aliphatic rings. The van der Waals surface area contributed by atoms with Gasteiger partial charge in [-0.3, -0.25) is 4.98 Å². The molecule has 0 radical (unpaired) electrons. The maximum Gasteiger partial charge on any atom is 0.125 e. The molecule has 1 N–H and O–H groups in total. The van der Waals surface area contributed by atoms with Crippen LogP contribution in [0.3, 0.4) is 0 Å². The maximum atomic E-state index is 4.23. The Labute approximate surface area is 101 Å². The summed E-state index contributed by atoms with van der Waals surface area (Å²) in [7, 11) is 0. The first-order valence-corrected chi connectivity index (χ1v) is 5.53. The zero-order valence-corrected chi connectivity index (χ0v) is 9.93. The number of aromatic amines is 1. The Morgan fingerprint density at radius 1 is 1.41 bits per heavy atom. The molecule has 0 aliphatic carbocycles. The Morgan fingerprint density at radius 2 is 2.29 bits per heavy atom. The van der Waals surface area contributed by atoms with E-state index in [-0.39, 0.29) is 0 Å². The minimum atomic E-state index is 0.733. The van der Waals surface area contributed by atoms with Crippen molar-refractivity contribution in [2.24, 2.45) is 0 Å². The highest BCUT2D eigenvalue weighted by Gasteiger charge is 2.07. The van der Waals surface area contributed by atoms with Crippen molar-refractivity contribution in [1.82, 2.24) is 19.9 Å². The third-order valence-corrected chi connectivity index (χ3v) is 2.53. The van der Waals surface area contributed by atoms with Crippen LogP contribution in [0.25, 0.3) is 0 Å². The Hall–Kier alpha value is -2.10. The summed E-state index contributed by atoms with van der Waals surface area (Å²) in [6.07, 6.45) is 7.24. The minimum absolute atomic E-state index is 0.733. The summed E-state index contributed by atoms with van der Waals surface area (Å²) in [5.74, 6) is 0.942. The van der Waals surface area contributed by atoms with E-state index in [1.807, 2.05) is 25.4 Å². The number of hydrogen-bond acceptors (Lipinski definition) is 3. The van der Waals surface area contributed by atoms with Gasteiger partial charge in [-0.15, -0.1) is 0 Å². The molecule has 2 aromatic heterocycles. The molecule has 4 nitrogen and oxygen atoms in total. The zero-order valence-electron chi connectivity index (χ0n) is 9.93. The summed E-state index contributed by atoms with van der Waals surface area (Å²) >= 11 is 0. The van der Waals surface area contributed by atoms with Gasteiger partial charge in [0.25, 0.3) is 0 Å². The van der Waals surface area contributed by atoms with Crippen LogP contribution in [0.2, 0.25) is 0 Å². The predicted molar refractivity (Wildman–Crippen MR) is 66.9 cm³/mol. The zero-order chi connectivity index (χ0) is 12.1. The van der Waals surface area contributed by atoms with Crippen LogP contribution in [-0.2, 0) is 13.1 Å². The molecule has 2 rings (SSSR count). The van der Waals surface area contributed by atoms with E-state index < -0.39 is 0 Å². The Bertz CT molecular complexity index is 461. The standard InChI is InChI=1S/C13H16N4/c1-11(2)17(10-13-15-6-7-16-13)9-12-4-3-5-14-8-12/h3-8H,1,9-10H2,2H3,(H,15,16). The molecule has 0 aromatic carbocycles. The average Bonchev–Trinajstić information content (AvgIpc) is 2.82. The summed E-state index contributed by atoms with van der Waals surface area (Å²) in [6.45, 7) is 7.52. The molecule has 0 spiro atoms. The van der Waals surface area contributed by atoms with Gasteiger partial charge in [-0.25, -0.2) is 4.98 Å². The van der Waals surface area contributed by atoms with E-state index in [1.54, 1.807) is 12.4 Å². The Morgan fingerprint density at radius 3 is 2.88 bits per heavy atom. The largest absolute Gasteiger partial charge is 0.364 e. The molecule has 4 heteroatoms. The van der Waals surface area contributed by atoms with Gasteiger partial charge in [0.2, 0.25) is 0 Å². The average molecular weight is 228 g/mol. The fourth-order valence-electron chi connectivity index (χ4n) is 1.60. The van der Waals surface area contributed by atoms with Gasteiger partial charge in [0.1, 0.15) is 5.82 Å². The molecule has 0 aliphatic heterocycles. The topological polar surface area (TPSA) is 44.8 Å². The minimum Gasteiger partial charge on any atom is -0.364 e. The van der Waals surface area contributed by atoms with E-state index in [0.29, 0.717) is 0 Å². The monoisotopic (exact) mass is 228 g/mol. The van der Waals surface area contributed by atoms with Crippen LogP contribution in [0.1, 0.15) is 18.3 Å². The first kappa shape index (κ1) is 11.4. The van der Waals surface area contributed by atoms with Crippen molar-refractivity contribution in [2.45, 2.75) is 20.0 Å². The van der Waals surface area contributed by atoms with Gasteiger partial charge in [0.15, 0.2) is 0 Å². The van der Waals surface area contributed by atoms with Crippen molar-refractivity contribution >= 4 is 0 Å². The third kappa shape index (κ3) is 3.17. The maximum absolute atomic E-state index is 4.23. The van der Waals surface area contributed by atoms with Gasteiger partial charge in [-0.05, 0) is 18.6 Å². The molecule has 2 heterocycles. The van der Waals surface area contributed by atoms with Crippen LogP contribution >= 0.6 is 0 Å². The number of nitrogens with zero attached hydrogens (tertiary/aromatic N) is 3. The van der Waals surface area contributed by atoms with Crippen LogP contribution < -0.4 is 0 Å². The number of pyridine rings is 1. The summed E-state index contributed by atoms with van der Waals surface area (Å²) in [5, 5.41) is 0. The lowest BCUT2D eigenvalue weighted by molar-refractivity contribution is 0.323. The number of allylic oxidation sites excluding steroid dienone is 1. The van der Waals surface area contributed by atoms with Crippen LogP contribution in [0.5, 0.6) is 0 Å². The lowest BCUT2D eigenvalue weighted by Gasteiger charge is -2.23. The number of rotatable bonds is 5. The third-order valence-electron chi connectivity index (χ3n) is 2.53. The van der Waals surface area contributed by atoms with Crippen molar-refractivity contribution in [3.63, 3.8) is 0 Å². The molecular weight excluding hydrogens is 212 g/mol. The van der Waals surface area contributed by atoms with Gasteiger partial charge in [-0.2, -0.15) is 0 Å².